The minimum absolute atomic E-state index is 0.383. The summed E-state index contributed by atoms with van der Waals surface area (Å²) in [6, 6.07) is 10.2. The standard InChI is InChI=1S/C16H24N2O/c1-4-16(19)14-6-8-15(9-7-14)18(11-5-10-17)12-13(2)3/h6-9,13,16,19H,4-5,11-12H2,1-3H3. The Labute approximate surface area is 116 Å². The molecule has 0 heterocycles. The van der Waals surface area contributed by atoms with E-state index in [0.717, 1.165) is 30.8 Å². The summed E-state index contributed by atoms with van der Waals surface area (Å²) < 4.78 is 0. The second-order valence-corrected chi connectivity index (χ2v) is 5.26. The highest BCUT2D eigenvalue weighted by atomic mass is 16.3. The molecule has 0 bridgehead atoms. The van der Waals surface area contributed by atoms with Crippen molar-refractivity contribution in [2.75, 3.05) is 18.0 Å². The summed E-state index contributed by atoms with van der Waals surface area (Å²) in [6.07, 6.45) is 0.877. The molecule has 104 valence electrons. The molecule has 3 heteroatoms. The van der Waals surface area contributed by atoms with Gasteiger partial charge in [0.05, 0.1) is 18.6 Å². The zero-order valence-electron chi connectivity index (χ0n) is 12.1. The topological polar surface area (TPSA) is 47.3 Å². The molecule has 0 spiro atoms. The lowest BCUT2D eigenvalue weighted by atomic mass is 10.1. The summed E-state index contributed by atoms with van der Waals surface area (Å²) >= 11 is 0. The van der Waals surface area contributed by atoms with Crippen molar-refractivity contribution in [1.82, 2.24) is 0 Å². The highest BCUT2D eigenvalue weighted by molar-refractivity contribution is 5.48. The Morgan fingerprint density at radius 1 is 1.26 bits per heavy atom. The number of aliphatic hydroxyl groups is 1. The molecule has 1 unspecified atom stereocenters. The fraction of sp³-hybridized carbons (Fsp3) is 0.562. The molecule has 0 aliphatic rings. The van der Waals surface area contributed by atoms with E-state index in [1.165, 1.54) is 0 Å². The van der Waals surface area contributed by atoms with Crippen LogP contribution in [-0.2, 0) is 0 Å². The van der Waals surface area contributed by atoms with Crippen LogP contribution in [0.5, 0.6) is 0 Å². The van der Waals surface area contributed by atoms with Crippen LogP contribution >= 0.6 is 0 Å². The van der Waals surface area contributed by atoms with Gasteiger partial charge in [0.25, 0.3) is 0 Å². The van der Waals surface area contributed by atoms with Crippen LogP contribution in [0.3, 0.4) is 0 Å². The molecule has 0 fully saturated rings. The fourth-order valence-corrected chi connectivity index (χ4v) is 2.09. The van der Waals surface area contributed by atoms with E-state index in [-0.39, 0.29) is 6.10 Å². The van der Waals surface area contributed by atoms with Gasteiger partial charge in [0.2, 0.25) is 0 Å². The van der Waals surface area contributed by atoms with E-state index >= 15 is 0 Å². The SMILES string of the molecule is CCC(O)c1ccc(N(CCC#N)CC(C)C)cc1. The Morgan fingerprint density at radius 2 is 1.89 bits per heavy atom. The van der Waals surface area contributed by atoms with E-state index < -0.39 is 0 Å². The first-order valence-corrected chi connectivity index (χ1v) is 6.98. The zero-order chi connectivity index (χ0) is 14.3. The van der Waals surface area contributed by atoms with Gasteiger partial charge in [0, 0.05) is 18.8 Å². The second kappa shape index (κ2) is 7.81. The largest absolute Gasteiger partial charge is 0.388 e. The van der Waals surface area contributed by atoms with Crippen molar-refractivity contribution in [3.8, 4) is 6.07 Å². The third-order valence-corrected chi connectivity index (χ3v) is 3.11. The third-order valence-electron chi connectivity index (χ3n) is 3.11. The van der Waals surface area contributed by atoms with Crippen LogP contribution in [0.25, 0.3) is 0 Å². The van der Waals surface area contributed by atoms with Crippen LogP contribution in [0, 0.1) is 17.2 Å². The van der Waals surface area contributed by atoms with Crippen molar-refractivity contribution < 1.29 is 5.11 Å². The van der Waals surface area contributed by atoms with Crippen molar-refractivity contribution in [3.05, 3.63) is 29.8 Å². The van der Waals surface area contributed by atoms with Gasteiger partial charge in [-0.25, -0.2) is 0 Å². The Bertz CT molecular complexity index is 406. The molecule has 0 aromatic heterocycles. The molecular weight excluding hydrogens is 236 g/mol. The molecule has 1 aromatic rings. The fourth-order valence-electron chi connectivity index (χ4n) is 2.09. The number of benzene rings is 1. The first kappa shape index (κ1) is 15.5. The normalized spacial score (nSPS) is 12.2. The maximum atomic E-state index is 9.79. The van der Waals surface area contributed by atoms with Crippen molar-refractivity contribution in [3.63, 3.8) is 0 Å². The summed E-state index contributed by atoms with van der Waals surface area (Å²) in [4.78, 5) is 2.23. The maximum absolute atomic E-state index is 9.79. The molecule has 1 N–H and O–H groups in total. The molecule has 0 aliphatic carbocycles. The van der Waals surface area contributed by atoms with Gasteiger partial charge in [-0.2, -0.15) is 5.26 Å². The van der Waals surface area contributed by atoms with Gasteiger partial charge >= 0.3 is 0 Å². The van der Waals surface area contributed by atoms with Crippen molar-refractivity contribution in [1.29, 1.82) is 5.26 Å². The Morgan fingerprint density at radius 3 is 2.37 bits per heavy atom. The number of rotatable bonds is 7. The smallest absolute Gasteiger partial charge is 0.0787 e. The average molecular weight is 260 g/mol. The van der Waals surface area contributed by atoms with Crippen molar-refractivity contribution in [2.24, 2.45) is 5.92 Å². The van der Waals surface area contributed by atoms with E-state index in [1.807, 2.05) is 31.2 Å². The third kappa shape index (κ3) is 4.92. The zero-order valence-corrected chi connectivity index (χ0v) is 12.1. The number of anilines is 1. The molecule has 1 aromatic carbocycles. The Hall–Kier alpha value is -1.53. The Balaban J connectivity index is 2.81. The summed E-state index contributed by atoms with van der Waals surface area (Å²) in [5.74, 6) is 0.555. The van der Waals surface area contributed by atoms with Gasteiger partial charge in [0.1, 0.15) is 0 Å². The van der Waals surface area contributed by atoms with Crippen LogP contribution < -0.4 is 4.90 Å². The van der Waals surface area contributed by atoms with Crippen LogP contribution in [0.2, 0.25) is 0 Å². The number of hydrogen-bond acceptors (Lipinski definition) is 3. The maximum Gasteiger partial charge on any atom is 0.0787 e. The highest BCUT2D eigenvalue weighted by Crippen LogP contribution is 2.22. The predicted octanol–water partition coefficient (Wildman–Crippen LogP) is 3.51. The van der Waals surface area contributed by atoms with Crippen LogP contribution in [0.1, 0.15) is 45.3 Å². The molecule has 1 rings (SSSR count). The molecule has 1 atom stereocenters. The quantitative estimate of drug-likeness (QED) is 0.816. The molecule has 0 aliphatic heterocycles. The number of aliphatic hydroxyl groups excluding tert-OH is 1. The minimum atomic E-state index is -0.383. The summed E-state index contributed by atoms with van der Waals surface area (Å²) in [6.45, 7) is 8.02. The highest BCUT2D eigenvalue weighted by Gasteiger charge is 2.10. The van der Waals surface area contributed by atoms with Crippen LogP contribution in [-0.4, -0.2) is 18.2 Å². The van der Waals surface area contributed by atoms with Gasteiger partial charge in [-0.05, 0) is 30.0 Å². The summed E-state index contributed by atoms with van der Waals surface area (Å²) in [5.41, 5.74) is 2.08. The lowest BCUT2D eigenvalue weighted by Crippen LogP contribution is -2.28. The van der Waals surface area contributed by atoms with Crippen LogP contribution in [0.15, 0.2) is 24.3 Å². The van der Waals surface area contributed by atoms with Crippen molar-refractivity contribution in [2.45, 2.75) is 39.7 Å². The molecule has 19 heavy (non-hydrogen) atoms. The summed E-state index contributed by atoms with van der Waals surface area (Å²) in [7, 11) is 0. The van der Waals surface area contributed by atoms with E-state index in [9.17, 15) is 5.11 Å². The number of hydrogen-bond donors (Lipinski definition) is 1. The molecule has 0 saturated carbocycles. The van der Waals surface area contributed by atoms with E-state index in [1.54, 1.807) is 0 Å². The number of nitrogens with zero attached hydrogens (tertiary/aromatic N) is 2. The first-order chi connectivity index (χ1) is 9.08. The molecule has 3 nitrogen and oxygen atoms in total. The van der Waals surface area contributed by atoms with Crippen LogP contribution in [0.4, 0.5) is 5.69 Å². The molecular formula is C16H24N2O. The average Bonchev–Trinajstić information content (AvgIpc) is 2.42. The van der Waals surface area contributed by atoms with E-state index in [4.69, 9.17) is 5.26 Å². The van der Waals surface area contributed by atoms with Gasteiger partial charge in [-0.15, -0.1) is 0 Å². The molecule has 0 amide bonds. The van der Waals surface area contributed by atoms with Gasteiger partial charge < -0.3 is 10.0 Å². The second-order valence-electron chi connectivity index (χ2n) is 5.26. The molecule has 0 saturated heterocycles. The summed E-state index contributed by atoms with van der Waals surface area (Å²) in [5, 5.41) is 18.5. The molecule has 0 radical (unpaired) electrons. The van der Waals surface area contributed by atoms with Gasteiger partial charge in [0.15, 0.2) is 0 Å². The van der Waals surface area contributed by atoms with Gasteiger partial charge in [-0.3, -0.25) is 0 Å². The van der Waals surface area contributed by atoms with Crippen molar-refractivity contribution >= 4 is 5.69 Å². The number of nitriles is 1. The van der Waals surface area contributed by atoms with E-state index in [0.29, 0.717) is 12.3 Å². The van der Waals surface area contributed by atoms with E-state index in [2.05, 4.69) is 24.8 Å². The Kier molecular flexibility index (Phi) is 6.38. The lowest BCUT2D eigenvalue weighted by molar-refractivity contribution is 0.173. The predicted molar refractivity (Wildman–Crippen MR) is 79.0 cm³/mol. The van der Waals surface area contributed by atoms with Gasteiger partial charge in [-0.1, -0.05) is 32.9 Å². The first-order valence-electron chi connectivity index (χ1n) is 6.98. The monoisotopic (exact) mass is 260 g/mol. The minimum Gasteiger partial charge on any atom is -0.388 e. The lowest BCUT2D eigenvalue weighted by Gasteiger charge is -2.26.